The molecule has 6 fully saturated rings. The smallest absolute Gasteiger partial charge is 0.306 e. The van der Waals surface area contributed by atoms with Crippen molar-refractivity contribution in [3.8, 4) is 0 Å². The van der Waals surface area contributed by atoms with Crippen molar-refractivity contribution in [2.75, 3.05) is 0 Å². The van der Waals surface area contributed by atoms with Crippen LogP contribution in [-0.2, 0) is 19.1 Å². The Morgan fingerprint density at radius 1 is 0.562 bits per heavy atom. The number of nitrogens with one attached hydrogen (secondary N) is 2. The molecule has 6 atom stereocenters. The van der Waals surface area contributed by atoms with Gasteiger partial charge >= 0.3 is 11.9 Å². The molecular formula is C26H46N2O4. The maximum absolute atomic E-state index is 12.3. The number of piperidine rings is 2. The van der Waals surface area contributed by atoms with E-state index < -0.39 is 0 Å². The largest absolute Gasteiger partial charge is 0.461 e. The molecular weight excluding hydrogens is 404 g/mol. The molecule has 0 amide bonds. The summed E-state index contributed by atoms with van der Waals surface area (Å²) in [5, 5.41) is 7.31. The van der Waals surface area contributed by atoms with Crippen LogP contribution >= 0.6 is 0 Å². The molecule has 0 aromatic heterocycles. The van der Waals surface area contributed by atoms with Crippen LogP contribution in [0, 0.1) is 0 Å². The van der Waals surface area contributed by atoms with E-state index in [0.717, 1.165) is 64.2 Å². The number of carbonyl (C=O) groups excluding carboxylic acids is 2. The summed E-state index contributed by atoms with van der Waals surface area (Å²) in [6.45, 7) is 4.28. The zero-order chi connectivity index (χ0) is 22.8. The number of hydrogen-bond acceptors (Lipinski definition) is 6. The first kappa shape index (κ1) is 25.5. The quantitative estimate of drug-likeness (QED) is 0.517. The second kappa shape index (κ2) is 13.5. The minimum atomic E-state index is -0.0365. The zero-order valence-electron chi connectivity index (χ0n) is 20.4. The highest BCUT2D eigenvalue weighted by Crippen LogP contribution is 2.23. The fourth-order valence-electron chi connectivity index (χ4n) is 5.62. The van der Waals surface area contributed by atoms with Gasteiger partial charge in [-0.25, -0.2) is 0 Å². The SMILES string of the molecule is C[C@@H]1N[C@@H]2CCCCCCCC(=O)O[C@@H]3CC[C@H](CCCCCC(=O)O[C@H]1CC2)N[C@@H]3C. The molecule has 2 N–H and O–H groups in total. The van der Waals surface area contributed by atoms with Crippen LogP contribution in [0.15, 0.2) is 0 Å². The molecule has 0 unspecified atom stereocenters. The Hall–Kier alpha value is -1.14. The van der Waals surface area contributed by atoms with Crippen LogP contribution in [0.25, 0.3) is 0 Å². The van der Waals surface area contributed by atoms with Crippen LogP contribution < -0.4 is 10.6 Å². The predicted octanol–water partition coefficient (Wildman–Crippen LogP) is 4.79. The standard InChI is InChI=1S/C26H46N2O4/c1-19-24-17-15-21(27-19)11-7-4-3-5-9-13-25(29)31-23-18-16-22(28-20(23)2)12-8-6-10-14-26(30)32-24/h19-24,27-28H,3-18H2,1-2H3/t19-,20+,21+,22-,23+,24-/m0/s1. The number of rotatable bonds is 0. The Bertz CT molecular complexity index is 584. The molecule has 6 aliphatic rings. The number of ether oxygens (including phenoxy) is 2. The van der Waals surface area contributed by atoms with Crippen LogP contribution in [0.3, 0.4) is 0 Å². The molecule has 4 bridgehead atoms. The molecule has 6 saturated heterocycles. The molecule has 0 aromatic carbocycles. The topological polar surface area (TPSA) is 76.7 Å². The van der Waals surface area contributed by atoms with Crippen LogP contribution in [0.1, 0.15) is 117 Å². The van der Waals surface area contributed by atoms with Gasteiger partial charge in [0.05, 0.1) is 0 Å². The summed E-state index contributed by atoms with van der Waals surface area (Å²) in [6.07, 6.45) is 16.2. The first-order valence-corrected chi connectivity index (χ1v) is 13.4. The van der Waals surface area contributed by atoms with E-state index in [0.29, 0.717) is 24.9 Å². The Balaban J connectivity index is 1.47. The Morgan fingerprint density at radius 2 is 0.969 bits per heavy atom. The van der Waals surface area contributed by atoms with Gasteiger partial charge in [-0.3, -0.25) is 9.59 Å². The van der Waals surface area contributed by atoms with Gasteiger partial charge in [0, 0.05) is 37.0 Å². The van der Waals surface area contributed by atoms with Gasteiger partial charge in [0.15, 0.2) is 0 Å². The second-order valence-corrected chi connectivity index (χ2v) is 10.4. The summed E-state index contributed by atoms with van der Waals surface area (Å²) >= 11 is 0. The highest BCUT2D eigenvalue weighted by molar-refractivity contribution is 5.69. The summed E-state index contributed by atoms with van der Waals surface area (Å²) in [6, 6.07) is 1.47. The molecule has 6 heterocycles. The van der Waals surface area contributed by atoms with Crippen LogP contribution in [0.5, 0.6) is 0 Å². The van der Waals surface area contributed by atoms with Gasteiger partial charge in [-0.05, 0) is 65.2 Å². The van der Waals surface area contributed by atoms with E-state index in [2.05, 4.69) is 24.5 Å². The van der Waals surface area contributed by atoms with E-state index in [1.807, 2.05) is 0 Å². The summed E-state index contributed by atoms with van der Waals surface area (Å²) in [5.41, 5.74) is 0. The molecule has 6 nitrogen and oxygen atoms in total. The normalized spacial score (nSPS) is 37.3. The van der Waals surface area contributed by atoms with E-state index in [9.17, 15) is 9.59 Å². The summed E-state index contributed by atoms with van der Waals surface area (Å²) in [5.74, 6) is -0.0657. The highest BCUT2D eigenvalue weighted by atomic mass is 16.5. The van der Waals surface area contributed by atoms with Gasteiger partial charge in [-0.2, -0.15) is 0 Å². The zero-order valence-corrected chi connectivity index (χ0v) is 20.4. The van der Waals surface area contributed by atoms with Gasteiger partial charge in [-0.15, -0.1) is 0 Å². The lowest BCUT2D eigenvalue weighted by Crippen LogP contribution is -2.50. The summed E-state index contributed by atoms with van der Waals surface area (Å²) < 4.78 is 11.6. The van der Waals surface area contributed by atoms with E-state index in [1.165, 1.54) is 25.7 Å². The average Bonchev–Trinajstić information content (AvgIpc) is 2.76. The average molecular weight is 451 g/mol. The van der Waals surface area contributed by atoms with Gasteiger partial charge in [-0.1, -0.05) is 38.5 Å². The van der Waals surface area contributed by atoms with Crippen molar-refractivity contribution in [3.05, 3.63) is 0 Å². The Kier molecular flexibility index (Phi) is 10.8. The van der Waals surface area contributed by atoms with Crippen LogP contribution in [0.4, 0.5) is 0 Å². The minimum Gasteiger partial charge on any atom is -0.461 e. The minimum absolute atomic E-state index is 0.00405. The third kappa shape index (κ3) is 8.66. The number of hydrogen-bond donors (Lipinski definition) is 2. The van der Waals surface area contributed by atoms with Gasteiger partial charge in [0.1, 0.15) is 12.2 Å². The fraction of sp³-hybridized carbons (Fsp3) is 0.923. The van der Waals surface area contributed by atoms with Gasteiger partial charge in [0.2, 0.25) is 0 Å². The Morgan fingerprint density at radius 3 is 1.44 bits per heavy atom. The molecule has 6 aliphatic heterocycles. The van der Waals surface area contributed by atoms with E-state index in [1.54, 1.807) is 0 Å². The number of carbonyl (C=O) groups is 2. The molecule has 6 heteroatoms. The molecule has 32 heavy (non-hydrogen) atoms. The van der Waals surface area contributed by atoms with Gasteiger partial charge in [0.25, 0.3) is 0 Å². The van der Waals surface area contributed by atoms with Crippen molar-refractivity contribution in [1.82, 2.24) is 10.6 Å². The van der Waals surface area contributed by atoms with E-state index >= 15 is 0 Å². The second-order valence-electron chi connectivity index (χ2n) is 10.4. The molecule has 6 rings (SSSR count). The molecule has 0 saturated carbocycles. The lowest BCUT2D eigenvalue weighted by molar-refractivity contribution is -0.153. The molecule has 0 radical (unpaired) electrons. The molecule has 184 valence electrons. The van der Waals surface area contributed by atoms with Crippen molar-refractivity contribution in [2.24, 2.45) is 0 Å². The fourth-order valence-corrected chi connectivity index (χ4v) is 5.62. The first-order chi connectivity index (χ1) is 15.5. The lowest BCUT2D eigenvalue weighted by atomic mass is 9.92. The molecule has 0 aliphatic carbocycles. The predicted molar refractivity (Wildman–Crippen MR) is 126 cm³/mol. The maximum Gasteiger partial charge on any atom is 0.306 e. The van der Waals surface area contributed by atoms with Crippen molar-refractivity contribution < 1.29 is 19.1 Å². The molecule has 0 spiro atoms. The van der Waals surface area contributed by atoms with E-state index in [4.69, 9.17) is 9.47 Å². The van der Waals surface area contributed by atoms with Gasteiger partial charge < -0.3 is 20.1 Å². The van der Waals surface area contributed by atoms with Crippen LogP contribution in [-0.4, -0.2) is 48.3 Å². The molecule has 0 aromatic rings. The maximum atomic E-state index is 12.3. The van der Waals surface area contributed by atoms with Crippen molar-refractivity contribution in [1.29, 1.82) is 0 Å². The van der Waals surface area contributed by atoms with Crippen molar-refractivity contribution in [2.45, 2.75) is 153 Å². The summed E-state index contributed by atoms with van der Waals surface area (Å²) in [4.78, 5) is 24.6. The Labute approximate surface area is 194 Å². The van der Waals surface area contributed by atoms with Crippen molar-refractivity contribution >= 4 is 11.9 Å². The number of esters is 2. The summed E-state index contributed by atoms with van der Waals surface area (Å²) in [7, 11) is 0. The van der Waals surface area contributed by atoms with Crippen LogP contribution in [0.2, 0.25) is 0 Å². The lowest BCUT2D eigenvalue weighted by Gasteiger charge is -2.35. The highest BCUT2D eigenvalue weighted by Gasteiger charge is 2.30. The monoisotopic (exact) mass is 450 g/mol. The third-order valence-electron chi connectivity index (χ3n) is 7.64. The van der Waals surface area contributed by atoms with E-state index in [-0.39, 0.29) is 36.2 Å². The third-order valence-corrected chi connectivity index (χ3v) is 7.64. The first-order valence-electron chi connectivity index (χ1n) is 13.4. The van der Waals surface area contributed by atoms with Crippen molar-refractivity contribution in [3.63, 3.8) is 0 Å².